The molecule has 8 heteroatoms. The Hall–Kier alpha value is -2.74. The number of anilines is 1. The van der Waals surface area contributed by atoms with Crippen molar-refractivity contribution in [2.24, 2.45) is 0 Å². The van der Waals surface area contributed by atoms with E-state index in [9.17, 15) is 4.79 Å². The summed E-state index contributed by atoms with van der Waals surface area (Å²) in [5.74, 6) is 0.157. The molecule has 0 fully saturated rings. The smallest absolute Gasteiger partial charge is 0.343 e. The Kier molecular flexibility index (Phi) is 4.57. The van der Waals surface area contributed by atoms with E-state index < -0.39 is 12.1 Å². The van der Waals surface area contributed by atoms with Gasteiger partial charge in [0.25, 0.3) is 5.89 Å². The van der Waals surface area contributed by atoms with Crippen LogP contribution in [0.3, 0.4) is 0 Å². The number of carbonyl (C=O) groups excluding carboxylic acids is 1. The normalized spacial score (nSPS) is 12.0. The Morgan fingerprint density at radius 1 is 1.29 bits per heavy atom. The van der Waals surface area contributed by atoms with Gasteiger partial charge in [-0.3, -0.25) is 0 Å². The van der Waals surface area contributed by atoms with Gasteiger partial charge < -0.3 is 14.5 Å². The molecule has 1 aromatic carbocycles. The van der Waals surface area contributed by atoms with E-state index in [1.165, 1.54) is 11.5 Å². The lowest BCUT2D eigenvalue weighted by atomic mass is 10.2. The maximum Gasteiger partial charge on any atom is 0.343 e. The summed E-state index contributed by atoms with van der Waals surface area (Å²) >= 11 is 1.22. The number of hydrogen-bond acceptors (Lipinski definition) is 8. The van der Waals surface area contributed by atoms with E-state index in [4.69, 9.17) is 9.15 Å². The maximum atomic E-state index is 12.4. The van der Waals surface area contributed by atoms with Crippen molar-refractivity contribution in [3.63, 3.8) is 0 Å². The molecule has 124 valence electrons. The van der Waals surface area contributed by atoms with E-state index in [2.05, 4.69) is 19.9 Å². The fraction of sp³-hybridized carbons (Fsp3) is 0.250. The average Bonchev–Trinajstić information content (AvgIpc) is 3.22. The van der Waals surface area contributed by atoms with E-state index in [1.807, 2.05) is 30.3 Å². The first-order valence-electron chi connectivity index (χ1n) is 7.34. The molecule has 3 rings (SSSR count). The second-order valence-electron chi connectivity index (χ2n) is 5.08. The molecule has 7 nitrogen and oxygen atoms in total. The topological polar surface area (TPSA) is 90.1 Å². The van der Waals surface area contributed by atoms with E-state index in [0.717, 1.165) is 5.56 Å². The van der Waals surface area contributed by atoms with Gasteiger partial charge >= 0.3 is 5.97 Å². The number of esters is 1. The summed E-state index contributed by atoms with van der Waals surface area (Å²) in [5.41, 5.74) is 1.86. The van der Waals surface area contributed by atoms with Crippen molar-refractivity contribution >= 4 is 22.5 Å². The minimum absolute atomic E-state index is 0.244. The van der Waals surface area contributed by atoms with Crippen LogP contribution in [0.5, 0.6) is 0 Å². The third-order valence-corrected chi connectivity index (χ3v) is 4.34. The molecule has 0 aliphatic heterocycles. The van der Waals surface area contributed by atoms with Crippen LogP contribution in [0.1, 0.15) is 35.0 Å². The van der Waals surface area contributed by atoms with Crippen LogP contribution < -0.4 is 5.32 Å². The molecule has 0 unspecified atom stereocenters. The molecule has 3 aromatic rings. The van der Waals surface area contributed by atoms with Gasteiger partial charge in [-0.05, 0) is 37.5 Å². The first-order chi connectivity index (χ1) is 11.6. The molecule has 0 aliphatic carbocycles. The Labute approximate surface area is 142 Å². The predicted octanol–water partition coefficient (Wildman–Crippen LogP) is 3.46. The van der Waals surface area contributed by atoms with Gasteiger partial charge in [0, 0.05) is 12.6 Å². The first kappa shape index (κ1) is 16.1. The molecular weight excluding hydrogens is 328 g/mol. The molecule has 2 aromatic heterocycles. The average molecular weight is 344 g/mol. The summed E-state index contributed by atoms with van der Waals surface area (Å²) < 4.78 is 15.2. The number of rotatable bonds is 5. The second-order valence-corrected chi connectivity index (χ2v) is 5.85. The summed E-state index contributed by atoms with van der Waals surface area (Å²) in [6.45, 7) is 3.45. The highest BCUT2D eigenvalue weighted by atomic mass is 32.1. The van der Waals surface area contributed by atoms with Crippen LogP contribution >= 0.6 is 11.5 Å². The van der Waals surface area contributed by atoms with Crippen molar-refractivity contribution in [2.45, 2.75) is 20.0 Å². The lowest BCUT2D eigenvalue weighted by molar-refractivity contribution is 0.0280. The van der Waals surface area contributed by atoms with Crippen LogP contribution in [0.25, 0.3) is 11.5 Å². The summed E-state index contributed by atoms with van der Waals surface area (Å²) in [6, 6.07) is 9.41. The monoisotopic (exact) mass is 344 g/mol. The lowest BCUT2D eigenvalue weighted by Gasteiger charge is -2.10. The van der Waals surface area contributed by atoms with Crippen molar-refractivity contribution in [3.8, 4) is 11.5 Å². The number of carbonyl (C=O) groups is 1. The standard InChI is InChI=1S/C16H16N4O3S/c1-9-12(15(17-3)24-20-9)16(21)22-10(2)13-18-19-14(23-13)11-7-5-4-6-8-11/h4-8,10,17H,1-3H3/t10-/m1/s1. The van der Waals surface area contributed by atoms with Crippen LogP contribution in [-0.2, 0) is 4.74 Å². The lowest BCUT2D eigenvalue weighted by Crippen LogP contribution is -2.11. The van der Waals surface area contributed by atoms with Crippen molar-refractivity contribution in [2.75, 3.05) is 12.4 Å². The number of hydrogen-bond donors (Lipinski definition) is 1. The van der Waals surface area contributed by atoms with Crippen LogP contribution in [0.4, 0.5) is 5.00 Å². The Morgan fingerprint density at radius 2 is 2.04 bits per heavy atom. The fourth-order valence-corrected chi connectivity index (χ4v) is 2.88. The van der Waals surface area contributed by atoms with Crippen LogP contribution in [0, 0.1) is 6.92 Å². The summed E-state index contributed by atoms with van der Waals surface area (Å²) in [5, 5.41) is 11.6. The Bertz CT molecular complexity index is 844. The third-order valence-electron chi connectivity index (χ3n) is 3.39. The number of nitrogens with one attached hydrogen (secondary N) is 1. The quantitative estimate of drug-likeness (QED) is 0.709. The zero-order valence-electron chi connectivity index (χ0n) is 13.4. The molecule has 0 radical (unpaired) electrons. The number of nitrogens with zero attached hydrogens (tertiary/aromatic N) is 3. The molecule has 2 heterocycles. The highest BCUT2D eigenvalue weighted by molar-refractivity contribution is 7.10. The van der Waals surface area contributed by atoms with Crippen molar-refractivity contribution in [1.29, 1.82) is 0 Å². The number of aromatic nitrogens is 3. The number of aryl methyl sites for hydroxylation is 1. The van der Waals surface area contributed by atoms with Gasteiger partial charge in [0.1, 0.15) is 10.6 Å². The van der Waals surface area contributed by atoms with Crippen molar-refractivity contribution < 1.29 is 13.9 Å². The molecule has 0 saturated heterocycles. The summed E-state index contributed by atoms with van der Waals surface area (Å²) in [6.07, 6.45) is -0.661. The van der Waals surface area contributed by atoms with Gasteiger partial charge in [0.15, 0.2) is 6.10 Å². The SMILES string of the molecule is CNc1snc(C)c1C(=O)O[C@H](C)c1nnc(-c2ccccc2)o1. The first-order valence-corrected chi connectivity index (χ1v) is 8.11. The van der Waals surface area contributed by atoms with Crippen LogP contribution in [-0.4, -0.2) is 27.6 Å². The van der Waals surface area contributed by atoms with E-state index in [-0.39, 0.29) is 5.89 Å². The minimum atomic E-state index is -0.661. The largest absolute Gasteiger partial charge is 0.449 e. The minimum Gasteiger partial charge on any atom is -0.449 e. The second kappa shape index (κ2) is 6.79. The van der Waals surface area contributed by atoms with E-state index in [1.54, 1.807) is 20.9 Å². The predicted molar refractivity (Wildman–Crippen MR) is 90.0 cm³/mol. The molecule has 1 atom stereocenters. The van der Waals surface area contributed by atoms with E-state index in [0.29, 0.717) is 22.1 Å². The molecular formula is C16H16N4O3S. The van der Waals surface area contributed by atoms with E-state index >= 15 is 0 Å². The number of ether oxygens (including phenoxy) is 1. The highest BCUT2D eigenvalue weighted by Gasteiger charge is 2.24. The Morgan fingerprint density at radius 3 is 2.75 bits per heavy atom. The maximum absolute atomic E-state index is 12.4. The van der Waals surface area contributed by atoms with Crippen LogP contribution in [0.2, 0.25) is 0 Å². The molecule has 24 heavy (non-hydrogen) atoms. The van der Waals surface area contributed by atoms with Gasteiger partial charge in [-0.15, -0.1) is 10.2 Å². The zero-order valence-corrected chi connectivity index (χ0v) is 14.3. The van der Waals surface area contributed by atoms with Gasteiger partial charge in [-0.1, -0.05) is 18.2 Å². The summed E-state index contributed by atoms with van der Waals surface area (Å²) in [4.78, 5) is 12.4. The highest BCUT2D eigenvalue weighted by Crippen LogP contribution is 2.28. The third kappa shape index (κ3) is 3.13. The van der Waals surface area contributed by atoms with Gasteiger partial charge in [0.2, 0.25) is 5.89 Å². The van der Waals surface area contributed by atoms with Crippen molar-refractivity contribution in [3.05, 3.63) is 47.5 Å². The molecule has 0 aliphatic rings. The van der Waals surface area contributed by atoms with Gasteiger partial charge in [0.05, 0.1) is 5.69 Å². The van der Waals surface area contributed by atoms with Crippen LogP contribution in [0.15, 0.2) is 34.7 Å². The molecule has 0 spiro atoms. The van der Waals surface area contributed by atoms with Gasteiger partial charge in [-0.25, -0.2) is 4.79 Å². The van der Waals surface area contributed by atoms with Crippen molar-refractivity contribution in [1.82, 2.24) is 14.6 Å². The Balaban J connectivity index is 1.76. The molecule has 0 saturated carbocycles. The molecule has 1 N–H and O–H groups in total. The molecule has 0 amide bonds. The molecule has 0 bridgehead atoms. The summed E-state index contributed by atoms with van der Waals surface area (Å²) in [7, 11) is 1.73. The fourth-order valence-electron chi connectivity index (χ4n) is 2.15. The van der Waals surface area contributed by atoms with Gasteiger partial charge in [-0.2, -0.15) is 4.37 Å². The zero-order chi connectivity index (χ0) is 17.1. The number of benzene rings is 1.